The Bertz CT molecular complexity index is 334. The second-order valence-electron chi connectivity index (χ2n) is 3.34. The molecule has 0 fully saturated rings. The maximum atomic E-state index is 9.09. The second-order valence-corrected chi connectivity index (χ2v) is 3.34. The monoisotopic (exact) mass is 227 g/mol. The number of anilines is 2. The van der Waals surface area contributed by atoms with Crippen molar-refractivity contribution in [2.75, 3.05) is 31.1 Å². The Hall–Kier alpha value is -1.44. The van der Waals surface area contributed by atoms with Gasteiger partial charge in [-0.05, 0) is 6.92 Å². The lowest BCUT2D eigenvalue weighted by Crippen LogP contribution is -2.29. The van der Waals surface area contributed by atoms with Crippen molar-refractivity contribution in [3.63, 3.8) is 0 Å². The van der Waals surface area contributed by atoms with Gasteiger partial charge >= 0.3 is 0 Å². The van der Waals surface area contributed by atoms with Crippen LogP contribution in [0.5, 0.6) is 0 Å². The van der Waals surface area contributed by atoms with Crippen molar-refractivity contribution < 1.29 is 9.84 Å². The van der Waals surface area contributed by atoms with Crippen molar-refractivity contribution in [1.82, 2.24) is 9.97 Å². The second kappa shape index (κ2) is 6.21. The number of aliphatic hydroxyl groups is 1. The van der Waals surface area contributed by atoms with E-state index < -0.39 is 0 Å². The van der Waals surface area contributed by atoms with E-state index >= 15 is 0 Å². The molecule has 7 nitrogen and oxygen atoms in total. The summed E-state index contributed by atoms with van der Waals surface area (Å²) in [4.78, 5) is 8.15. The number of nitrogen functional groups attached to an aromatic ring is 1. The summed E-state index contributed by atoms with van der Waals surface area (Å²) < 4.78 is 4.95. The average Bonchev–Trinajstić information content (AvgIpc) is 2.27. The number of aliphatic hydroxyl groups excluding tert-OH is 1. The first kappa shape index (κ1) is 12.6. The summed E-state index contributed by atoms with van der Waals surface area (Å²) in [7, 11) is 1.57. The van der Waals surface area contributed by atoms with Crippen LogP contribution < -0.4 is 16.6 Å². The predicted octanol–water partition coefficient (Wildman–Crippen LogP) is -0.510. The lowest BCUT2D eigenvalue weighted by molar-refractivity contribution is 0.153. The molecule has 1 aromatic heterocycles. The third kappa shape index (κ3) is 3.61. The Morgan fingerprint density at radius 2 is 2.31 bits per heavy atom. The van der Waals surface area contributed by atoms with E-state index in [1.165, 1.54) is 0 Å². The lowest BCUT2D eigenvalue weighted by atomic mass is 10.3. The van der Waals surface area contributed by atoms with Gasteiger partial charge in [0, 0.05) is 18.9 Å². The molecule has 7 heteroatoms. The summed E-state index contributed by atoms with van der Waals surface area (Å²) in [5.41, 5.74) is 3.15. The third-order valence-corrected chi connectivity index (χ3v) is 1.92. The van der Waals surface area contributed by atoms with E-state index in [0.29, 0.717) is 18.4 Å². The maximum absolute atomic E-state index is 9.09. The molecular formula is C9H17N5O2. The fourth-order valence-corrected chi connectivity index (χ4v) is 1.26. The quantitative estimate of drug-likeness (QED) is 0.383. The number of nitrogens with two attached hydrogens (primary N) is 1. The number of ether oxygens (including phenoxy) is 1. The van der Waals surface area contributed by atoms with Gasteiger partial charge in [0.05, 0.1) is 19.3 Å². The van der Waals surface area contributed by atoms with E-state index in [0.717, 1.165) is 5.69 Å². The number of hydrogen-bond donors (Lipinski definition) is 4. The average molecular weight is 227 g/mol. The summed E-state index contributed by atoms with van der Waals surface area (Å²) in [5, 5.41) is 12.1. The molecule has 1 aromatic rings. The molecule has 16 heavy (non-hydrogen) atoms. The molecule has 5 N–H and O–H groups in total. The minimum atomic E-state index is -0.204. The van der Waals surface area contributed by atoms with Gasteiger partial charge in [0.25, 0.3) is 0 Å². The first-order valence-electron chi connectivity index (χ1n) is 4.88. The van der Waals surface area contributed by atoms with Crippen LogP contribution in [0.3, 0.4) is 0 Å². The van der Waals surface area contributed by atoms with Gasteiger partial charge in [0.1, 0.15) is 5.82 Å². The number of methoxy groups -OCH3 is 1. The Morgan fingerprint density at radius 1 is 1.56 bits per heavy atom. The van der Waals surface area contributed by atoms with Crippen molar-refractivity contribution in [2.45, 2.75) is 13.0 Å². The fraction of sp³-hybridized carbons (Fsp3) is 0.556. The SMILES string of the molecule is COCC(CO)Nc1cc(C)nc(NN)n1. The van der Waals surface area contributed by atoms with E-state index in [4.69, 9.17) is 15.7 Å². The number of aryl methyl sites for hydroxylation is 1. The predicted molar refractivity (Wildman–Crippen MR) is 61.0 cm³/mol. The highest BCUT2D eigenvalue weighted by Gasteiger charge is 2.08. The van der Waals surface area contributed by atoms with Gasteiger partial charge in [0.2, 0.25) is 5.95 Å². The molecule has 90 valence electrons. The number of hydrogen-bond acceptors (Lipinski definition) is 7. The van der Waals surface area contributed by atoms with Gasteiger partial charge in [0.15, 0.2) is 0 Å². The summed E-state index contributed by atoms with van der Waals surface area (Å²) in [5.74, 6) is 6.16. The molecule has 1 unspecified atom stereocenters. The number of aromatic nitrogens is 2. The Morgan fingerprint density at radius 3 is 2.88 bits per heavy atom. The van der Waals surface area contributed by atoms with Crippen LogP contribution in [0.25, 0.3) is 0 Å². The number of nitrogens with zero attached hydrogens (tertiary/aromatic N) is 2. The van der Waals surface area contributed by atoms with Gasteiger partial charge in [-0.3, -0.25) is 5.43 Å². The molecule has 0 amide bonds. The molecule has 0 aliphatic heterocycles. The van der Waals surface area contributed by atoms with Crippen LogP contribution in [0.1, 0.15) is 5.69 Å². The van der Waals surface area contributed by atoms with Crippen molar-refractivity contribution in [3.8, 4) is 0 Å². The molecule has 1 atom stereocenters. The largest absolute Gasteiger partial charge is 0.394 e. The van der Waals surface area contributed by atoms with Crippen LogP contribution in [-0.4, -0.2) is 41.4 Å². The minimum absolute atomic E-state index is 0.0394. The van der Waals surface area contributed by atoms with Crippen LogP contribution in [0.15, 0.2) is 6.07 Å². The molecule has 0 radical (unpaired) electrons. The zero-order valence-corrected chi connectivity index (χ0v) is 9.40. The molecular weight excluding hydrogens is 210 g/mol. The minimum Gasteiger partial charge on any atom is -0.394 e. The summed E-state index contributed by atoms with van der Waals surface area (Å²) in [6.07, 6.45) is 0. The van der Waals surface area contributed by atoms with Gasteiger partial charge in [-0.1, -0.05) is 0 Å². The highest BCUT2D eigenvalue weighted by Crippen LogP contribution is 2.09. The van der Waals surface area contributed by atoms with E-state index in [1.807, 2.05) is 6.92 Å². The first-order valence-corrected chi connectivity index (χ1v) is 4.88. The molecule has 0 spiro atoms. The molecule has 1 heterocycles. The topological polar surface area (TPSA) is 105 Å². The zero-order valence-electron chi connectivity index (χ0n) is 9.40. The van der Waals surface area contributed by atoms with Crippen molar-refractivity contribution >= 4 is 11.8 Å². The third-order valence-electron chi connectivity index (χ3n) is 1.92. The Labute approximate surface area is 94.0 Å². The van der Waals surface area contributed by atoms with Crippen molar-refractivity contribution in [3.05, 3.63) is 11.8 Å². The molecule has 0 aromatic carbocycles. The normalized spacial score (nSPS) is 12.2. The molecule has 0 aliphatic rings. The molecule has 0 aliphatic carbocycles. The van der Waals surface area contributed by atoms with Crippen LogP contribution in [0.4, 0.5) is 11.8 Å². The van der Waals surface area contributed by atoms with E-state index in [1.54, 1.807) is 13.2 Å². The summed E-state index contributed by atoms with van der Waals surface area (Å²) in [6.45, 7) is 2.19. The number of hydrazine groups is 1. The van der Waals surface area contributed by atoms with Crippen LogP contribution in [0.2, 0.25) is 0 Å². The summed E-state index contributed by atoms with van der Waals surface area (Å²) >= 11 is 0. The van der Waals surface area contributed by atoms with Crippen LogP contribution in [0, 0.1) is 6.92 Å². The molecule has 1 rings (SSSR count). The van der Waals surface area contributed by atoms with E-state index in [-0.39, 0.29) is 12.6 Å². The van der Waals surface area contributed by atoms with Crippen molar-refractivity contribution in [1.29, 1.82) is 0 Å². The highest BCUT2D eigenvalue weighted by atomic mass is 16.5. The standard InChI is InChI=1S/C9H17N5O2/c1-6-3-8(13-9(11-6)14-10)12-7(4-15)5-16-2/h3,7,15H,4-5,10H2,1-2H3,(H2,11,12,13,14). The number of nitrogens with one attached hydrogen (secondary N) is 2. The van der Waals surface area contributed by atoms with Crippen LogP contribution >= 0.6 is 0 Å². The van der Waals surface area contributed by atoms with Gasteiger partial charge in [-0.25, -0.2) is 10.8 Å². The van der Waals surface area contributed by atoms with E-state index in [9.17, 15) is 0 Å². The zero-order chi connectivity index (χ0) is 12.0. The smallest absolute Gasteiger partial charge is 0.239 e. The number of rotatable bonds is 6. The Kier molecular flexibility index (Phi) is 4.90. The highest BCUT2D eigenvalue weighted by molar-refractivity contribution is 5.42. The van der Waals surface area contributed by atoms with Crippen LogP contribution in [-0.2, 0) is 4.74 Å². The Balaban J connectivity index is 2.74. The van der Waals surface area contributed by atoms with Gasteiger partial charge < -0.3 is 15.2 Å². The first-order chi connectivity index (χ1) is 7.69. The lowest BCUT2D eigenvalue weighted by Gasteiger charge is -2.16. The van der Waals surface area contributed by atoms with E-state index in [2.05, 4.69) is 20.7 Å². The molecule has 0 bridgehead atoms. The van der Waals surface area contributed by atoms with Gasteiger partial charge in [-0.2, -0.15) is 4.98 Å². The molecule has 0 saturated heterocycles. The summed E-state index contributed by atoms with van der Waals surface area (Å²) in [6, 6.07) is 1.56. The fourth-order valence-electron chi connectivity index (χ4n) is 1.26. The maximum Gasteiger partial charge on any atom is 0.239 e. The van der Waals surface area contributed by atoms with Gasteiger partial charge in [-0.15, -0.1) is 0 Å². The van der Waals surface area contributed by atoms with Crippen molar-refractivity contribution in [2.24, 2.45) is 5.84 Å². The molecule has 0 saturated carbocycles.